The van der Waals surface area contributed by atoms with Gasteiger partial charge in [0.15, 0.2) is 6.61 Å². The lowest BCUT2D eigenvalue weighted by molar-refractivity contribution is -0.124. The third kappa shape index (κ3) is 5.08. The number of para-hydroxylation sites is 1. The number of benzene rings is 1. The average molecular weight is 365 g/mol. The molecular formula is C12H15Br2NO2. The van der Waals surface area contributed by atoms with E-state index in [4.69, 9.17) is 4.74 Å². The van der Waals surface area contributed by atoms with E-state index in [9.17, 15) is 4.79 Å². The zero-order valence-corrected chi connectivity index (χ0v) is 13.2. The molecule has 0 saturated carbocycles. The quantitative estimate of drug-likeness (QED) is 0.891. The number of hydrogen-bond donors (Lipinski definition) is 1. The Kier molecular flexibility index (Phi) is 5.01. The van der Waals surface area contributed by atoms with Crippen LogP contribution in [0.5, 0.6) is 5.75 Å². The maximum absolute atomic E-state index is 11.6. The number of nitrogens with one attached hydrogen (secondary N) is 1. The zero-order valence-electron chi connectivity index (χ0n) is 10.0. The number of carbonyl (C=O) groups excluding carboxylic acids is 1. The van der Waals surface area contributed by atoms with E-state index in [0.717, 1.165) is 8.95 Å². The van der Waals surface area contributed by atoms with Gasteiger partial charge in [-0.3, -0.25) is 4.79 Å². The molecule has 1 amide bonds. The number of rotatable bonds is 3. The maximum atomic E-state index is 11.6. The lowest BCUT2D eigenvalue weighted by atomic mass is 10.1. The predicted octanol–water partition coefficient (Wildman–Crippen LogP) is 3.51. The Hall–Kier alpha value is -0.550. The molecule has 5 heteroatoms. The van der Waals surface area contributed by atoms with Gasteiger partial charge in [-0.2, -0.15) is 0 Å². The Morgan fingerprint density at radius 2 is 1.82 bits per heavy atom. The van der Waals surface area contributed by atoms with Crippen molar-refractivity contribution in [3.63, 3.8) is 0 Å². The molecule has 0 aliphatic rings. The summed E-state index contributed by atoms with van der Waals surface area (Å²) in [6.45, 7) is 5.79. The first-order valence-corrected chi connectivity index (χ1v) is 6.76. The Morgan fingerprint density at radius 1 is 1.29 bits per heavy atom. The van der Waals surface area contributed by atoms with Crippen LogP contribution in [0.15, 0.2) is 27.1 Å². The van der Waals surface area contributed by atoms with Crippen LogP contribution in [0.25, 0.3) is 0 Å². The van der Waals surface area contributed by atoms with Crippen LogP contribution in [0.2, 0.25) is 0 Å². The van der Waals surface area contributed by atoms with E-state index in [1.54, 1.807) is 0 Å². The molecule has 0 radical (unpaired) electrons. The van der Waals surface area contributed by atoms with E-state index in [0.29, 0.717) is 5.75 Å². The fraction of sp³-hybridized carbons (Fsp3) is 0.417. The highest BCUT2D eigenvalue weighted by Gasteiger charge is 2.15. The van der Waals surface area contributed by atoms with Crippen molar-refractivity contribution in [3.8, 4) is 5.75 Å². The third-order valence-electron chi connectivity index (χ3n) is 1.78. The van der Waals surface area contributed by atoms with E-state index in [1.807, 2.05) is 39.0 Å². The van der Waals surface area contributed by atoms with Gasteiger partial charge < -0.3 is 10.1 Å². The van der Waals surface area contributed by atoms with Gasteiger partial charge >= 0.3 is 0 Å². The molecule has 0 spiro atoms. The molecule has 0 aromatic heterocycles. The smallest absolute Gasteiger partial charge is 0.258 e. The Labute approximate surface area is 118 Å². The predicted molar refractivity (Wildman–Crippen MR) is 75.2 cm³/mol. The van der Waals surface area contributed by atoms with E-state index < -0.39 is 0 Å². The Morgan fingerprint density at radius 3 is 2.29 bits per heavy atom. The van der Waals surface area contributed by atoms with Crippen LogP contribution in [0.4, 0.5) is 0 Å². The molecule has 0 saturated heterocycles. The summed E-state index contributed by atoms with van der Waals surface area (Å²) in [6.07, 6.45) is 0. The van der Waals surface area contributed by atoms with E-state index in [2.05, 4.69) is 37.2 Å². The number of hydrogen-bond acceptors (Lipinski definition) is 2. The van der Waals surface area contributed by atoms with Crippen LogP contribution < -0.4 is 10.1 Å². The number of ether oxygens (including phenoxy) is 1. The summed E-state index contributed by atoms with van der Waals surface area (Å²) in [5.41, 5.74) is -0.244. The lowest BCUT2D eigenvalue weighted by Crippen LogP contribution is -2.43. The highest BCUT2D eigenvalue weighted by atomic mass is 79.9. The van der Waals surface area contributed by atoms with Crippen molar-refractivity contribution in [2.24, 2.45) is 0 Å². The van der Waals surface area contributed by atoms with Crippen LogP contribution >= 0.6 is 31.9 Å². The second kappa shape index (κ2) is 5.87. The molecule has 17 heavy (non-hydrogen) atoms. The van der Waals surface area contributed by atoms with Crippen molar-refractivity contribution in [2.75, 3.05) is 6.61 Å². The number of halogens is 2. The third-order valence-corrected chi connectivity index (χ3v) is 3.03. The van der Waals surface area contributed by atoms with Gasteiger partial charge in [0.25, 0.3) is 5.91 Å². The van der Waals surface area contributed by atoms with E-state index >= 15 is 0 Å². The molecule has 1 N–H and O–H groups in total. The molecule has 0 aliphatic heterocycles. The summed E-state index contributed by atoms with van der Waals surface area (Å²) in [4.78, 5) is 11.6. The average Bonchev–Trinajstić information content (AvgIpc) is 2.14. The zero-order chi connectivity index (χ0) is 13.1. The first-order chi connectivity index (χ1) is 7.79. The summed E-state index contributed by atoms with van der Waals surface area (Å²) < 4.78 is 7.10. The molecule has 94 valence electrons. The van der Waals surface area contributed by atoms with Crippen molar-refractivity contribution < 1.29 is 9.53 Å². The summed E-state index contributed by atoms with van der Waals surface area (Å²) in [7, 11) is 0. The van der Waals surface area contributed by atoms with Crippen LogP contribution in [0.3, 0.4) is 0 Å². The number of amides is 1. The fourth-order valence-corrected chi connectivity index (χ4v) is 2.44. The minimum atomic E-state index is -0.244. The van der Waals surface area contributed by atoms with Crippen molar-refractivity contribution >= 4 is 37.8 Å². The molecule has 1 aromatic carbocycles. The molecule has 0 bridgehead atoms. The first-order valence-electron chi connectivity index (χ1n) is 5.17. The SMILES string of the molecule is CC(C)(C)NC(=O)COc1c(Br)cccc1Br. The molecule has 0 atom stereocenters. The number of carbonyl (C=O) groups is 1. The van der Waals surface area contributed by atoms with Crippen LogP contribution in [-0.2, 0) is 4.79 Å². The summed E-state index contributed by atoms with van der Waals surface area (Å²) in [5.74, 6) is 0.497. The van der Waals surface area contributed by atoms with Gasteiger partial charge in [-0.25, -0.2) is 0 Å². The molecule has 1 rings (SSSR count). The second-order valence-electron chi connectivity index (χ2n) is 4.64. The molecule has 0 unspecified atom stereocenters. The summed E-state index contributed by atoms with van der Waals surface area (Å²) in [6, 6.07) is 5.61. The minimum Gasteiger partial charge on any atom is -0.481 e. The van der Waals surface area contributed by atoms with Gasteiger partial charge in [0.2, 0.25) is 0 Å². The molecule has 3 nitrogen and oxygen atoms in total. The highest BCUT2D eigenvalue weighted by Crippen LogP contribution is 2.32. The Bertz CT molecular complexity index is 393. The standard InChI is InChI=1S/C12H15Br2NO2/c1-12(2,3)15-10(16)7-17-11-8(13)5-4-6-9(11)14/h4-6H,7H2,1-3H3,(H,15,16). The molecular weight excluding hydrogens is 350 g/mol. The van der Waals surface area contributed by atoms with Gasteiger partial charge in [-0.05, 0) is 64.8 Å². The highest BCUT2D eigenvalue weighted by molar-refractivity contribution is 9.11. The molecule has 0 fully saturated rings. The van der Waals surface area contributed by atoms with Gasteiger partial charge in [-0.1, -0.05) is 6.07 Å². The van der Waals surface area contributed by atoms with Crippen molar-refractivity contribution in [3.05, 3.63) is 27.1 Å². The lowest BCUT2D eigenvalue weighted by Gasteiger charge is -2.20. The second-order valence-corrected chi connectivity index (χ2v) is 6.35. The van der Waals surface area contributed by atoms with Gasteiger partial charge in [-0.15, -0.1) is 0 Å². The van der Waals surface area contributed by atoms with Gasteiger partial charge in [0, 0.05) is 5.54 Å². The molecule has 1 aromatic rings. The minimum absolute atomic E-state index is 0.00150. The van der Waals surface area contributed by atoms with Crippen molar-refractivity contribution in [2.45, 2.75) is 26.3 Å². The molecule has 0 heterocycles. The van der Waals surface area contributed by atoms with Crippen molar-refractivity contribution in [1.82, 2.24) is 5.32 Å². The fourth-order valence-electron chi connectivity index (χ4n) is 1.21. The molecule has 0 aliphatic carbocycles. The maximum Gasteiger partial charge on any atom is 0.258 e. The van der Waals surface area contributed by atoms with Gasteiger partial charge in [0.05, 0.1) is 8.95 Å². The van der Waals surface area contributed by atoms with Crippen LogP contribution in [-0.4, -0.2) is 18.1 Å². The van der Waals surface area contributed by atoms with Crippen molar-refractivity contribution in [1.29, 1.82) is 0 Å². The Balaban J connectivity index is 2.59. The monoisotopic (exact) mass is 363 g/mol. The summed E-state index contributed by atoms with van der Waals surface area (Å²) in [5, 5.41) is 2.83. The van der Waals surface area contributed by atoms with Gasteiger partial charge in [0.1, 0.15) is 5.75 Å². The van der Waals surface area contributed by atoms with E-state index in [1.165, 1.54) is 0 Å². The topological polar surface area (TPSA) is 38.3 Å². The normalized spacial score (nSPS) is 11.1. The van der Waals surface area contributed by atoms with Crippen LogP contribution in [0.1, 0.15) is 20.8 Å². The van der Waals surface area contributed by atoms with Crippen LogP contribution in [0, 0.1) is 0 Å². The largest absolute Gasteiger partial charge is 0.481 e. The first kappa shape index (κ1) is 14.5. The van der Waals surface area contributed by atoms with E-state index in [-0.39, 0.29) is 18.1 Å². The summed E-state index contributed by atoms with van der Waals surface area (Å²) >= 11 is 6.74.